The van der Waals surface area contributed by atoms with Crippen LogP contribution in [0.3, 0.4) is 0 Å². The molecule has 45 heavy (non-hydrogen) atoms. The highest BCUT2D eigenvalue weighted by Gasteiger charge is 2.60. The van der Waals surface area contributed by atoms with Gasteiger partial charge in [-0.1, -0.05) is 23.7 Å². The molecule has 2 heterocycles. The number of nitrogens with zero attached hydrogens (tertiary/aromatic N) is 3. The zero-order chi connectivity index (χ0) is 33.7. The summed E-state index contributed by atoms with van der Waals surface area (Å²) in [5.41, 5.74) is -4.77. The van der Waals surface area contributed by atoms with Crippen molar-refractivity contribution >= 4 is 35.2 Å². The summed E-state index contributed by atoms with van der Waals surface area (Å²) in [6.45, 7) is 0.306. The number of methoxy groups -OCH3 is 1. The second-order valence-corrected chi connectivity index (χ2v) is 10.9. The van der Waals surface area contributed by atoms with Crippen LogP contribution in [-0.4, -0.2) is 86.0 Å². The Balaban J connectivity index is 1.64. The van der Waals surface area contributed by atoms with Crippen LogP contribution in [0, 0.1) is 5.92 Å². The predicted molar refractivity (Wildman–Crippen MR) is 149 cm³/mol. The van der Waals surface area contributed by atoms with E-state index in [4.69, 9.17) is 16.3 Å². The molecule has 0 saturated carbocycles. The number of halogens is 7. The van der Waals surface area contributed by atoms with Gasteiger partial charge >= 0.3 is 18.3 Å². The van der Waals surface area contributed by atoms with Crippen LogP contribution < -0.4 is 19.7 Å². The average molecular weight is 669 g/mol. The van der Waals surface area contributed by atoms with Crippen molar-refractivity contribution in [1.29, 1.82) is 0 Å². The Morgan fingerprint density at radius 1 is 1.11 bits per heavy atom. The van der Waals surface area contributed by atoms with Crippen molar-refractivity contribution in [2.75, 3.05) is 45.7 Å². The van der Waals surface area contributed by atoms with Gasteiger partial charge < -0.3 is 29.7 Å². The number of aromatic nitrogens is 1. The molecule has 3 rings (SSSR count). The monoisotopic (exact) mass is 668 g/mol. The Labute approximate surface area is 259 Å². The SMILES string of the molecule is COc1cccc([C@@](O)(C(=O)NCCCC2CCN(c3nc(Cl)c(C(=O)N(C)C)cc3OC(=O)C(F)(F)F)CC2)C(F)(F)F)c1. The smallest absolute Gasteiger partial charge is 0.491 e. The zero-order valence-corrected chi connectivity index (χ0v) is 25.1. The van der Waals surface area contributed by atoms with Crippen molar-refractivity contribution in [3.05, 3.63) is 46.6 Å². The summed E-state index contributed by atoms with van der Waals surface area (Å²) in [6, 6.07) is 5.40. The highest BCUT2D eigenvalue weighted by molar-refractivity contribution is 6.32. The van der Waals surface area contributed by atoms with Crippen molar-refractivity contribution in [2.45, 2.75) is 43.6 Å². The molecule has 0 aliphatic carbocycles. The van der Waals surface area contributed by atoms with Gasteiger partial charge in [-0.25, -0.2) is 9.78 Å². The van der Waals surface area contributed by atoms with Crippen LogP contribution in [0.25, 0.3) is 0 Å². The van der Waals surface area contributed by atoms with Crippen LogP contribution in [0.2, 0.25) is 5.15 Å². The number of amides is 2. The molecule has 0 spiro atoms. The van der Waals surface area contributed by atoms with E-state index in [-0.39, 0.29) is 54.3 Å². The van der Waals surface area contributed by atoms with Crippen LogP contribution in [0.5, 0.6) is 11.5 Å². The van der Waals surface area contributed by atoms with Crippen LogP contribution in [0.1, 0.15) is 41.6 Å². The molecule has 1 aliphatic rings. The molecule has 0 unspecified atom stereocenters. The number of alkyl halides is 6. The maximum atomic E-state index is 13.9. The van der Waals surface area contributed by atoms with Crippen molar-refractivity contribution in [1.82, 2.24) is 15.2 Å². The molecule has 0 radical (unpaired) electrons. The molecular formula is C28H31ClF6N4O6. The van der Waals surface area contributed by atoms with Gasteiger partial charge in [0.1, 0.15) is 10.9 Å². The lowest BCUT2D eigenvalue weighted by Crippen LogP contribution is -2.54. The maximum absolute atomic E-state index is 13.9. The molecule has 0 bridgehead atoms. The lowest BCUT2D eigenvalue weighted by atomic mass is 9.91. The van der Waals surface area contributed by atoms with Crippen LogP contribution in [0.4, 0.5) is 32.2 Å². The molecule has 1 aliphatic heterocycles. The summed E-state index contributed by atoms with van der Waals surface area (Å²) in [5, 5.41) is 12.3. The largest absolute Gasteiger partial charge is 0.497 e. The average Bonchev–Trinajstić information content (AvgIpc) is 2.98. The predicted octanol–water partition coefficient (Wildman–Crippen LogP) is 4.48. The second kappa shape index (κ2) is 14.1. The minimum Gasteiger partial charge on any atom is -0.497 e. The second-order valence-electron chi connectivity index (χ2n) is 10.5. The first kappa shape index (κ1) is 35.7. The number of carbonyl (C=O) groups is 3. The number of pyridine rings is 1. The molecule has 10 nitrogen and oxygen atoms in total. The standard InChI is InChI=1S/C28H31ClF6N4O6/c1-38(2)23(40)19-15-20(45-25(42)27(30,31)32)22(37-21(19)29)39-12-9-16(10-13-39)6-5-11-36-24(41)26(43,28(33,34)35)17-7-4-8-18(14-17)44-3/h4,7-8,14-16,43H,5-6,9-13H2,1-3H3,(H,36,41)/t26-/m1/s1. The van der Waals surface area contributed by atoms with Gasteiger partial charge in [-0.3, -0.25) is 9.59 Å². The van der Waals surface area contributed by atoms with Gasteiger partial charge in [0, 0.05) is 45.4 Å². The quantitative estimate of drug-likeness (QED) is 0.165. The topological polar surface area (TPSA) is 121 Å². The van der Waals surface area contributed by atoms with Gasteiger partial charge in [-0.05, 0) is 43.7 Å². The van der Waals surface area contributed by atoms with E-state index < -0.39 is 47.1 Å². The van der Waals surface area contributed by atoms with Crippen molar-refractivity contribution in [3.8, 4) is 11.5 Å². The first-order chi connectivity index (χ1) is 20.9. The third-order valence-electron chi connectivity index (χ3n) is 7.21. The minimum absolute atomic E-state index is 0.0178. The van der Waals surface area contributed by atoms with E-state index >= 15 is 0 Å². The van der Waals surface area contributed by atoms with E-state index in [9.17, 15) is 45.8 Å². The number of piperidine rings is 1. The highest BCUT2D eigenvalue weighted by atomic mass is 35.5. The molecule has 17 heteroatoms. The van der Waals surface area contributed by atoms with Crippen molar-refractivity contribution in [2.24, 2.45) is 5.92 Å². The van der Waals surface area contributed by atoms with E-state index in [0.29, 0.717) is 19.3 Å². The molecule has 248 valence electrons. The van der Waals surface area contributed by atoms with E-state index in [0.717, 1.165) is 23.1 Å². The molecule has 2 amide bonds. The fraction of sp³-hybridized carbons (Fsp3) is 0.500. The number of hydrogen-bond donors (Lipinski definition) is 2. The lowest BCUT2D eigenvalue weighted by molar-refractivity contribution is -0.257. The Morgan fingerprint density at radius 2 is 1.76 bits per heavy atom. The molecule has 2 aromatic rings. The molecule has 1 saturated heterocycles. The van der Waals surface area contributed by atoms with Crippen LogP contribution >= 0.6 is 11.6 Å². The number of rotatable bonds is 10. The molecule has 1 atom stereocenters. The molecule has 1 aromatic heterocycles. The number of nitrogens with one attached hydrogen (secondary N) is 1. The zero-order valence-electron chi connectivity index (χ0n) is 24.4. The number of anilines is 1. The first-order valence-electron chi connectivity index (χ1n) is 13.6. The van der Waals surface area contributed by atoms with Gasteiger partial charge in [0.25, 0.3) is 17.4 Å². The summed E-state index contributed by atoms with van der Waals surface area (Å²) < 4.78 is 89.9. The Bertz CT molecular complexity index is 1400. The number of carbonyl (C=O) groups excluding carboxylic acids is 3. The number of aliphatic hydroxyl groups is 1. The Kier molecular flexibility index (Phi) is 11.2. The Hall–Kier alpha value is -3.79. The van der Waals surface area contributed by atoms with Crippen molar-refractivity contribution < 1.29 is 55.3 Å². The summed E-state index contributed by atoms with van der Waals surface area (Å²) in [6.07, 6.45) is -8.96. The highest BCUT2D eigenvalue weighted by Crippen LogP contribution is 2.40. The summed E-state index contributed by atoms with van der Waals surface area (Å²) in [4.78, 5) is 43.3. The van der Waals surface area contributed by atoms with Gasteiger partial charge in [0.2, 0.25) is 0 Å². The van der Waals surface area contributed by atoms with E-state index in [1.54, 1.807) is 4.90 Å². The van der Waals surface area contributed by atoms with Gasteiger partial charge in [-0.2, -0.15) is 26.3 Å². The van der Waals surface area contributed by atoms with Crippen LogP contribution in [-0.2, 0) is 15.2 Å². The van der Waals surface area contributed by atoms with E-state index in [2.05, 4.69) is 15.0 Å². The minimum atomic E-state index is -5.32. The van der Waals surface area contributed by atoms with Crippen LogP contribution in [0.15, 0.2) is 30.3 Å². The third kappa shape index (κ3) is 8.28. The summed E-state index contributed by atoms with van der Waals surface area (Å²) >= 11 is 6.16. The normalized spacial score (nSPS) is 15.7. The Morgan fingerprint density at radius 3 is 2.31 bits per heavy atom. The molecular weight excluding hydrogens is 638 g/mol. The number of benzene rings is 1. The fourth-order valence-corrected chi connectivity index (χ4v) is 4.95. The van der Waals surface area contributed by atoms with Crippen molar-refractivity contribution in [3.63, 3.8) is 0 Å². The van der Waals surface area contributed by atoms with Gasteiger partial charge in [0.15, 0.2) is 11.6 Å². The summed E-state index contributed by atoms with van der Waals surface area (Å²) in [7, 11) is 4.01. The maximum Gasteiger partial charge on any atom is 0.491 e. The molecule has 2 N–H and O–H groups in total. The summed E-state index contributed by atoms with van der Waals surface area (Å²) in [5.74, 6) is -5.54. The molecule has 1 fully saturated rings. The van der Waals surface area contributed by atoms with E-state index in [1.165, 1.54) is 33.3 Å². The lowest BCUT2D eigenvalue weighted by Gasteiger charge is -2.34. The number of hydrogen-bond acceptors (Lipinski definition) is 8. The van der Waals surface area contributed by atoms with Gasteiger partial charge in [0.05, 0.1) is 12.7 Å². The number of ether oxygens (including phenoxy) is 2. The van der Waals surface area contributed by atoms with Gasteiger partial charge in [-0.15, -0.1) is 0 Å². The molecule has 1 aromatic carbocycles. The van der Waals surface area contributed by atoms with E-state index in [1.807, 2.05) is 0 Å². The first-order valence-corrected chi connectivity index (χ1v) is 14.0. The fourth-order valence-electron chi connectivity index (χ4n) is 4.74. The number of esters is 1. The third-order valence-corrected chi connectivity index (χ3v) is 7.50.